The number of aliphatic imine (C=N–C) groups is 1. The Morgan fingerprint density at radius 3 is 2.40 bits per heavy atom. The zero-order chi connectivity index (χ0) is 21.1. The van der Waals surface area contributed by atoms with Crippen LogP contribution in [-0.2, 0) is 9.47 Å². The van der Waals surface area contributed by atoms with Crippen molar-refractivity contribution < 1.29 is 14.3 Å². The molecule has 176 valence electrons. The van der Waals surface area contributed by atoms with E-state index in [0.29, 0.717) is 24.6 Å². The van der Waals surface area contributed by atoms with Gasteiger partial charge in [0, 0.05) is 44.8 Å². The highest BCUT2D eigenvalue weighted by Gasteiger charge is 2.25. The first-order valence-electron chi connectivity index (χ1n) is 11.3. The summed E-state index contributed by atoms with van der Waals surface area (Å²) in [5.74, 6) is 1.52. The molecule has 2 fully saturated rings. The number of likely N-dealkylation sites (tertiary alicyclic amines) is 1. The molecule has 9 heteroatoms. The van der Waals surface area contributed by atoms with Crippen LogP contribution in [0.2, 0.25) is 0 Å². The van der Waals surface area contributed by atoms with Crippen LogP contribution >= 0.6 is 24.0 Å². The largest absolute Gasteiger partial charge is 0.450 e. The van der Waals surface area contributed by atoms with Gasteiger partial charge in [0.2, 0.25) is 0 Å². The second-order valence-electron chi connectivity index (χ2n) is 8.26. The van der Waals surface area contributed by atoms with E-state index in [4.69, 9.17) is 14.5 Å². The van der Waals surface area contributed by atoms with Gasteiger partial charge in [-0.2, -0.15) is 0 Å². The van der Waals surface area contributed by atoms with Gasteiger partial charge >= 0.3 is 6.09 Å². The third kappa shape index (κ3) is 9.55. The zero-order valence-corrected chi connectivity index (χ0v) is 21.5. The lowest BCUT2D eigenvalue weighted by Gasteiger charge is -2.35. The fourth-order valence-electron chi connectivity index (χ4n) is 3.96. The van der Waals surface area contributed by atoms with Crippen molar-refractivity contribution in [2.45, 2.75) is 59.0 Å². The second kappa shape index (κ2) is 15.1. The number of carbonyl (C=O) groups is 1. The van der Waals surface area contributed by atoms with Crippen molar-refractivity contribution in [1.29, 1.82) is 0 Å². The van der Waals surface area contributed by atoms with Crippen molar-refractivity contribution in [2.75, 3.05) is 59.1 Å². The molecule has 0 aliphatic carbocycles. The van der Waals surface area contributed by atoms with E-state index in [2.05, 4.69) is 36.3 Å². The van der Waals surface area contributed by atoms with Crippen LogP contribution in [0.4, 0.5) is 4.79 Å². The van der Waals surface area contributed by atoms with Crippen molar-refractivity contribution in [2.24, 2.45) is 10.9 Å². The number of guanidine groups is 1. The van der Waals surface area contributed by atoms with E-state index in [1.807, 2.05) is 6.92 Å². The molecule has 30 heavy (non-hydrogen) atoms. The third-order valence-corrected chi connectivity index (χ3v) is 5.47. The number of ether oxygens (including phenoxy) is 2. The van der Waals surface area contributed by atoms with Gasteiger partial charge in [-0.05, 0) is 39.0 Å². The molecular weight excluding hydrogens is 497 g/mol. The molecule has 1 unspecified atom stereocenters. The molecule has 0 aromatic rings. The van der Waals surface area contributed by atoms with Crippen LogP contribution in [-0.4, -0.2) is 93.0 Å². The van der Waals surface area contributed by atoms with Gasteiger partial charge in [-0.1, -0.05) is 13.8 Å². The molecule has 0 spiro atoms. The summed E-state index contributed by atoms with van der Waals surface area (Å²) >= 11 is 0. The Morgan fingerprint density at radius 1 is 1.17 bits per heavy atom. The van der Waals surface area contributed by atoms with Gasteiger partial charge in [0.05, 0.1) is 26.4 Å². The molecule has 8 nitrogen and oxygen atoms in total. The number of morpholine rings is 1. The summed E-state index contributed by atoms with van der Waals surface area (Å²) in [6, 6.07) is 0.769. The van der Waals surface area contributed by atoms with Crippen molar-refractivity contribution in [3.8, 4) is 0 Å². The van der Waals surface area contributed by atoms with E-state index in [-0.39, 0.29) is 30.1 Å². The lowest BCUT2D eigenvalue weighted by atomic mass is 10.0. The predicted octanol–water partition coefficient (Wildman–Crippen LogP) is 2.53. The van der Waals surface area contributed by atoms with Crippen molar-refractivity contribution >= 4 is 36.0 Å². The van der Waals surface area contributed by atoms with Gasteiger partial charge in [0.15, 0.2) is 5.96 Å². The maximum Gasteiger partial charge on any atom is 0.409 e. The Labute approximate surface area is 199 Å². The normalized spacial score (nSPS) is 19.9. The second-order valence-corrected chi connectivity index (χ2v) is 8.26. The average molecular weight is 540 g/mol. The molecule has 2 heterocycles. The van der Waals surface area contributed by atoms with Gasteiger partial charge in [0.25, 0.3) is 0 Å². The van der Waals surface area contributed by atoms with E-state index in [9.17, 15) is 4.79 Å². The van der Waals surface area contributed by atoms with Crippen LogP contribution in [0.25, 0.3) is 0 Å². The van der Waals surface area contributed by atoms with Crippen LogP contribution in [0.3, 0.4) is 0 Å². The number of halogens is 1. The van der Waals surface area contributed by atoms with Gasteiger partial charge in [-0.25, -0.2) is 4.79 Å². The summed E-state index contributed by atoms with van der Waals surface area (Å²) in [7, 11) is 0. The highest BCUT2D eigenvalue weighted by atomic mass is 127. The maximum absolute atomic E-state index is 11.9. The molecule has 2 rings (SSSR count). The molecule has 2 saturated heterocycles. The Morgan fingerprint density at radius 2 is 1.83 bits per heavy atom. The number of hydrogen-bond donors (Lipinski definition) is 2. The van der Waals surface area contributed by atoms with Crippen LogP contribution in [0.1, 0.15) is 47.0 Å². The summed E-state index contributed by atoms with van der Waals surface area (Å²) in [5, 5.41) is 6.96. The zero-order valence-electron chi connectivity index (χ0n) is 19.2. The molecule has 0 aromatic heterocycles. The molecule has 0 radical (unpaired) electrons. The molecule has 2 aliphatic rings. The standard InChI is InChI=1S/C21H41N5O3.HI/c1-5-22-20(24-18-7-9-26(10-8-18)21(27)29-6-2)23-16-19(15-17(3)4)25-11-13-28-14-12-25;/h17-19H,5-16H2,1-4H3,(H2,22,23,24);1H. The fraction of sp³-hybridized carbons (Fsp3) is 0.905. The van der Waals surface area contributed by atoms with Crippen LogP contribution in [0, 0.1) is 5.92 Å². The molecule has 2 N–H and O–H groups in total. The minimum atomic E-state index is -0.200. The van der Waals surface area contributed by atoms with E-state index >= 15 is 0 Å². The molecule has 0 saturated carbocycles. The number of nitrogens with one attached hydrogen (secondary N) is 2. The monoisotopic (exact) mass is 539 g/mol. The number of carbonyl (C=O) groups excluding carboxylic acids is 1. The van der Waals surface area contributed by atoms with E-state index in [1.165, 1.54) is 0 Å². The SMILES string of the molecule is CCNC(=NCC(CC(C)C)N1CCOCC1)NC1CCN(C(=O)OCC)CC1.I. The lowest BCUT2D eigenvalue weighted by molar-refractivity contribution is 0.0143. The van der Waals surface area contributed by atoms with Gasteiger partial charge in [-0.15, -0.1) is 24.0 Å². The van der Waals surface area contributed by atoms with Crippen LogP contribution < -0.4 is 10.6 Å². The Hall–Kier alpha value is -0.810. The summed E-state index contributed by atoms with van der Waals surface area (Å²) in [4.78, 5) is 21.1. The van der Waals surface area contributed by atoms with Crippen molar-refractivity contribution in [3.63, 3.8) is 0 Å². The summed E-state index contributed by atoms with van der Waals surface area (Å²) in [6.45, 7) is 15.6. The number of nitrogens with zero attached hydrogens (tertiary/aromatic N) is 3. The molecule has 2 aliphatic heterocycles. The predicted molar refractivity (Wildman–Crippen MR) is 132 cm³/mol. The number of piperidine rings is 1. The smallest absolute Gasteiger partial charge is 0.409 e. The molecule has 1 atom stereocenters. The fourth-order valence-corrected chi connectivity index (χ4v) is 3.96. The molecule has 0 bridgehead atoms. The van der Waals surface area contributed by atoms with Crippen LogP contribution in [0.5, 0.6) is 0 Å². The highest BCUT2D eigenvalue weighted by Crippen LogP contribution is 2.15. The number of amides is 1. The van der Waals surface area contributed by atoms with E-state index < -0.39 is 0 Å². The first kappa shape index (κ1) is 27.2. The van der Waals surface area contributed by atoms with Crippen molar-refractivity contribution in [3.05, 3.63) is 0 Å². The quantitative estimate of drug-likeness (QED) is 0.281. The van der Waals surface area contributed by atoms with Gasteiger partial charge in [0.1, 0.15) is 0 Å². The highest BCUT2D eigenvalue weighted by molar-refractivity contribution is 14.0. The van der Waals surface area contributed by atoms with Crippen molar-refractivity contribution in [1.82, 2.24) is 20.4 Å². The Bertz CT molecular complexity index is 507. The third-order valence-electron chi connectivity index (χ3n) is 5.47. The minimum Gasteiger partial charge on any atom is -0.450 e. The summed E-state index contributed by atoms with van der Waals surface area (Å²) < 4.78 is 10.6. The first-order valence-corrected chi connectivity index (χ1v) is 11.3. The Kier molecular flexibility index (Phi) is 13.7. The summed E-state index contributed by atoms with van der Waals surface area (Å²) in [6.07, 6.45) is 2.75. The van der Waals surface area contributed by atoms with Crippen LogP contribution in [0.15, 0.2) is 4.99 Å². The lowest BCUT2D eigenvalue weighted by Crippen LogP contribution is -2.50. The Balaban J connectivity index is 0.00000450. The maximum atomic E-state index is 11.9. The first-order chi connectivity index (χ1) is 14.0. The average Bonchev–Trinajstić information content (AvgIpc) is 2.72. The number of rotatable bonds is 8. The minimum absolute atomic E-state index is 0. The molecule has 1 amide bonds. The van der Waals surface area contributed by atoms with E-state index in [1.54, 1.807) is 4.90 Å². The molecule has 0 aromatic carbocycles. The number of hydrogen-bond acceptors (Lipinski definition) is 5. The van der Waals surface area contributed by atoms with Gasteiger partial charge < -0.3 is 25.0 Å². The summed E-state index contributed by atoms with van der Waals surface area (Å²) in [5.41, 5.74) is 0. The van der Waals surface area contributed by atoms with E-state index in [0.717, 1.165) is 77.7 Å². The topological polar surface area (TPSA) is 78.4 Å². The molecular formula is C21H42IN5O3. The van der Waals surface area contributed by atoms with Gasteiger partial charge in [-0.3, -0.25) is 9.89 Å².